The molecule has 8 heteroatoms. The molecular weight excluding hydrogens is 278 g/mol. The molecule has 1 fully saturated rings. The van der Waals surface area contributed by atoms with Crippen molar-refractivity contribution in [1.29, 1.82) is 5.26 Å². The number of rotatable bonds is 3. The summed E-state index contributed by atoms with van der Waals surface area (Å²) in [5, 5.41) is 9.24. The highest BCUT2D eigenvalue weighted by Gasteiger charge is 2.34. The minimum Gasteiger partial charge on any atom is -0.332 e. The maximum atomic E-state index is 12.4. The molecule has 7 nitrogen and oxygen atoms in total. The average Bonchev–Trinajstić information content (AvgIpc) is 2.86. The van der Waals surface area contributed by atoms with Crippen LogP contribution in [0.2, 0.25) is 0 Å². The quantitative estimate of drug-likeness (QED) is 0.867. The molecule has 2 rings (SSSR count). The normalized spacial score (nSPS) is 18.9. The van der Waals surface area contributed by atoms with Gasteiger partial charge >= 0.3 is 0 Å². The Morgan fingerprint density at radius 3 is 2.40 bits per heavy atom. The SMILES string of the molecule is Cc1ncc(S(=O)(=O)N2CCN(C(C)(C)C#N)CC2)[nH]1. The van der Waals surface area contributed by atoms with Gasteiger partial charge in [-0.3, -0.25) is 4.90 Å². The van der Waals surface area contributed by atoms with E-state index in [9.17, 15) is 8.42 Å². The first-order chi connectivity index (χ1) is 9.27. The third-order valence-electron chi connectivity index (χ3n) is 3.60. The van der Waals surface area contributed by atoms with Crippen LogP contribution in [0.1, 0.15) is 19.7 Å². The predicted molar refractivity (Wildman–Crippen MR) is 73.3 cm³/mol. The fourth-order valence-corrected chi connectivity index (χ4v) is 3.61. The van der Waals surface area contributed by atoms with Crippen LogP contribution in [-0.4, -0.2) is 59.3 Å². The predicted octanol–water partition coefficient (Wildman–Crippen LogP) is 0.327. The molecule has 0 aliphatic carbocycles. The van der Waals surface area contributed by atoms with Crippen LogP contribution in [0.15, 0.2) is 11.2 Å². The van der Waals surface area contributed by atoms with Crippen molar-refractivity contribution in [3.8, 4) is 6.07 Å². The van der Waals surface area contributed by atoms with Crippen molar-refractivity contribution in [2.45, 2.75) is 31.3 Å². The molecule has 0 aromatic carbocycles. The number of hydrogen-bond donors (Lipinski definition) is 1. The number of nitrogens with zero attached hydrogens (tertiary/aromatic N) is 4. The number of aromatic amines is 1. The van der Waals surface area contributed by atoms with E-state index in [1.54, 1.807) is 6.92 Å². The monoisotopic (exact) mass is 297 g/mol. The van der Waals surface area contributed by atoms with Gasteiger partial charge in [0.2, 0.25) is 0 Å². The molecule has 0 spiro atoms. The van der Waals surface area contributed by atoms with Crippen LogP contribution in [-0.2, 0) is 10.0 Å². The van der Waals surface area contributed by atoms with Gasteiger partial charge in [0.05, 0.1) is 12.3 Å². The van der Waals surface area contributed by atoms with E-state index in [1.165, 1.54) is 10.5 Å². The molecule has 1 aliphatic rings. The fraction of sp³-hybridized carbons (Fsp3) is 0.667. The highest BCUT2D eigenvalue weighted by Crippen LogP contribution is 2.20. The number of hydrogen-bond acceptors (Lipinski definition) is 5. The summed E-state index contributed by atoms with van der Waals surface area (Å²) in [5.74, 6) is 0.577. The molecule has 110 valence electrons. The van der Waals surface area contributed by atoms with Gasteiger partial charge in [-0.1, -0.05) is 0 Å². The zero-order chi connectivity index (χ0) is 15.0. The van der Waals surface area contributed by atoms with Gasteiger partial charge in [-0.2, -0.15) is 9.57 Å². The van der Waals surface area contributed by atoms with Gasteiger partial charge in [0.25, 0.3) is 10.0 Å². The van der Waals surface area contributed by atoms with Crippen LogP contribution in [0.5, 0.6) is 0 Å². The van der Waals surface area contributed by atoms with E-state index >= 15 is 0 Å². The second-order valence-electron chi connectivity index (χ2n) is 5.39. The van der Waals surface area contributed by atoms with Crippen molar-refractivity contribution in [2.24, 2.45) is 0 Å². The van der Waals surface area contributed by atoms with E-state index in [1.807, 2.05) is 18.7 Å². The Kier molecular flexibility index (Phi) is 3.86. The van der Waals surface area contributed by atoms with Gasteiger partial charge in [0, 0.05) is 26.2 Å². The maximum Gasteiger partial charge on any atom is 0.260 e. The summed E-state index contributed by atoms with van der Waals surface area (Å²) in [7, 11) is -3.51. The maximum absolute atomic E-state index is 12.4. The van der Waals surface area contributed by atoms with Crippen molar-refractivity contribution in [3.63, 3.8) is 0 Å². The van der Waals surface area contributed by atoms with Crippen LogP contribution >= 0.6 is 0 Å². The largest absolute Gasteiger partial charge is 0.332 e. The van der Waals surface area contributed by atoms with Crippen LogP contribution in [0.3, 0.4) is 0 Å². The number of piperazine rings is 1. The first kappa shape index (κ1) is 15.0. The highest BCUT2D eigenvalue weighted by atomic mass is 32.2. The van der Waals surface area contributed by atoms with Gasteiger partial charge in [0.15, 0.2) is 5.03 Å². The van der Waals surface area contributed by atoms with Crippen LogP contribution < -0.4 is 0 Å². The van der Waals surface area contributed by atoms with Crippen LogP contribution in [0, 0.1) is 18.3 Å². The van der Waals surface area contributed by atoms with Crippen LogP contribution in [0.25, 0.3) is 0 Å². The minimum absolute atomic E-state index is 0.128. The van der Waals surface area contributed by atoms with Crippen molar-refractivity contribution in [2.75, 3.05) is 26.2 Å². The van der Waals surface area contributed by atoms with Crippen LogP contribution in [0.4, 0.5) is 0 Å². The van der Waals surface area contributed by atoms with E-state index in [4.69, 9.17) is 5.26 Å². The lowest BCUT2D eigenvalue weighted by Gasteiger charge is -2.39. The lowest BCUT2D eigenvalue weighted by molar-refractivity contribution is 0.115. The second-order valence-corrected chi connectivity index (χ2v) is 7.30. The summed E-state index contributed by atoms with van der Waals surface area (Å²) in [4.78, 5) is 8.69. The molecule has 1 N–H and O–H groups in total. The Morgan fingerprint density at radius 1 is 1.35 bits per heavy atom. The van der Waals surface area contributed by atoms with E-state index in [0.29, 0.717) is 32.0 Å². The summed E-state index contributed by atoms with van der Waals surface area (Å²) in [5.41, 5.74) is -0.569. The molecule has 1 aromatic rings. The topological polar surface area (TPSA) is 93.1 Å². The molecule has 1 aromatic heterocycles. The molecule has 1 saturated heterocycles. The second kappa shape index (κ2) is 5.16. The third kappa shape index (κ3) is 2.70. The standard InChI is InChI=1S/C12H19N5O2S/c1-10-14-8-11(15-10)20(18,19)17-6-4-16(5-7-17)12(2,3)9-13/h8H,4-7H2,1-3H3,(H,14,15). The van der Waals surface area contributed by atoms with Crippen molar-refractivity contribution in [3.05, 3.63) is 12.0 Å². The molecular formula is C12H19N5O2S. The first-order valence-corrected chi connectivity index (χ1v) is 7.89. The fourth-order valence-electron chi connectivity index (χ4n) is 2.23. The Bertz CT molecular complexity index is 621. The number of nitrogens with one attached hydrogen (secondary N) is 1. The molecule has 1 aliphatic heterocycles. The summed E-state index contributed by atoms with van der Waals surface area (Å²) < 4.78 is 26.2. The number of nitriles is 1. The van der Waals surface area contributed by atoms with Gasteiger partial charge in [0.1, 0.15) is 11.4 Å². The molecule has 0 saturated carbocycles. The van der Waals surface area contributed by atoms with E-state index in [2.05, 4.69) is 16.0 Å². The molecule has 2 heterocycles. The Balaban J connectivity index is 2.10. The van der Waals surface area contributed by atoms with Crippen molar-refractivity contribution >= 4 is 10.0 Å². The first-order valence-electron chi connectivity index (χ1n) is 6.45. The van der Waals surface area contributed by atoms with Gasteiger partial charge in [-0.25, -0.2) is 13.4 Å². The molecule has 0 radical (unpaired) electrons. The zero-order valence-corrected chi connectivity index (χ0v) is 12.7. The van der Waals surface area contributed by atoms with Gasteiger partial charge in [-0.15, -0.1) is 0 Å². The number of sulfonamides is 1. The zero-order valence-electron chi connectivity index (χ0n) is 11.9. The summed E-state index contributed by atoms with van der Waals surface area (Å²) >= 11 is 0. The molecule has 20 heavy (non-hydrogen) atoms. The van der Waals surface area contributed by atoms with E-state index in [-0.39, 0.29) is 5.03 Å². The Labute approximate surface area is 119 Å². The molecule has 0 amide bonds. The highest BCUT2D eigenvalue weighted by molar-refractivity contribution is 7.89. The molecule has 0 bridgehead atoms. The van der Waals surface area contributed by atoms with E-state index in [0.717, 1.165) is 0 Å². The lowest BCUT2D eigenvalue weighted by atomic mass is 10.0. The van der Waals surface area contributed by atoms with Crippen molar-refractivity contribution in [1.82, 2.24) is 19.2 Å². The Morgan fingerprint density at radius 2 is 1.95 bits per heavy atom. The lowest BCUT2D eigenvalue weighted by Crippen LogP contribution is -2.55. The number of aromatic nitrogens is 2. The molecule has 0 unspecified atom stereocenters. The summed E-state index contributed by atoms with van der Waals surface area (Å²) in [6.45, 7) is 7.26. The van der Waals surface area contributed by atoms with Gasteiger partial charge < -0.3 is 4.98 Å². The molecule has 0 atom stereocenters. The van der Waals surface area contributed by atoms with Crippen molar-refractivity contribution < 1.29 is 8.42 Å². The smallest absolute Gasteiger partial charge is 0.260 e. The Hall–Kier alpha value is -1.43. The summed E-state index contributed by atoms with van der Waals surface area (Å²) in [6.07, 6.45) is 1.34. The average molecular weight is 297 g/mol. The third-order valence-corrected chi connectivity index (χ3v) is 5.41. The van der Waals surface area contributed by atoms with E-state index < -0.39 is 15.6 Å². The van der Waals surface area contributed by atoms with Gasteiger partial charge in [-0.05, 0) is 20.8 Å². The summed E-state index contributed by atoms with van der Waals surface area (Å²) in [6, 6.07) is 2.24. The number of H-pyrrole nitrogens is 1. The number of imidazole rings is 1. The number of aryl methyl sites for hydroxylation is 1. The minimum atomic E-state index is -3.51.